The third-order valence-corrected chi connectivity index (χ3v) is 6.60. The SMILES string of the molecule is O=S(=O)(c1cccnc1)N1CCN(Cc2ccc(-n3cccn3)cc2)CC1. The van der Waals surface area contributed by atoms with Crippen LogP contribution in [0, 0.1) is 0 Å². The van der Waals surface area contributed by atoms with Crippen LogP contribution in [-0.4, -0.2) is 58.6 Å². The molecule has 0 radical (unpaired) electrons. The van der Waals surface area contributed by atoms with Crippen LogP contribution in [0.1, 0.15) is 5.56 Å². The van der Waals surface area contributed by atoms with Crippen LogP contribution in [0.15, 0.2) is 72.1 Å². The minimum absolute atomic E-state index is 0.257. The molecule has 0 bridgehead atoms. The first-order valence-corrected chi connectivity index (χ1v) is 10.3. The van der Waals surface area contributed by atoms with E-state index in [0.29, 0.717) is 26.2 Å². The Morgan fingerprint density at radius 2 is 1.70 bits per heavy atom. The Morgan fingerprint density at radius 1 is 0.926 bits per heavy atom. The van der Waals surface area contributed by atoms with Gasteiger partial charge in [-0.15, -0.1) is 0 Å². The lowest BCUT2D eigenvalue weighted by atomic mass is 10.2. The Hall–Kier alpha value is -2.55. The third kappa shape index (κ3) is 3.92. The molecule has 27 heavy (non-hydrogen) atoms. The Kier molecular flexibility index (Phi) is 5.02. The van der Waals surface area contributed by atoms with E-state index < -0.39 is 10.0 Å². The van der Waals surface area contributed by atoms with Crippen molar-refractivity contribution in [3.63, 3.8) is 0 Å². The molecule has 3 aromatic rings. The number of hydrogen-bond acceptors (Lipinski definition) is 5. The van der Waals surface area contributed by atoms with E-state index in [4.69, 9.17) is 0 Å². The number of pyridine rings is 1. The fourth-order valence-electron chi connectivity index (χ4n) is 3.21. The van der Waals surface area contributed by atoms with Crippen LogP contribution < -0.4 is 0 Å². The average Bonchev–Trinajstić information content (AvgIpc) is 3.25. The summed E-state index contributed by atoms with van der Waals surface area (Å²) in [5.41, 5.74) is 2.23. The molecule has 8 heteroatoms. The summed E-state index contributed by atoms with van der Waals surface area (Å²) in [6, 6.07) is 13.4. The number of sulfonamides is 1. The fourth-order valence-corrected chi connectivity index (χ4v) is 4.60. The van der Waals surface area contributed by atoms with Crippen LogP contribution in [0.4, 0.5) is 0 Å². The van der Waals surface area contributed by atoms with Crippen molar-refractivity contribution in [2.75, 3.05) is 26.2 Å². The summed E-state index contributed by atoms with van der Waals surface area (Å²) in [7, 11) is -3.45. The Balaban J connectivity index is 1.36. The Morgan fingerprint density at radius 3 is 2.33 bits per heavy atom. The van der Waals surface area contributed by atoms with Gasteiger partial charge >= 0.3 is 0 Å². The van der Waals surface area contributed by atoms with Gasteiger partial charge < -0.3 is 0 Å². The van der Waals surface area contributed by atoms with Gasteiger partial charge in [-0.05, 0) is 35.9 Å². The topological polar surface area (TPSA) is 71.3 Å². The second-order valence-corrected chi connectivity index (χ2v) is 8.42. The molecule has 1 aliphatic heterocycles. The number of aromatic nitrogens is 3. The van der Waals surface area contributed by atoms with Crippen LogP contribution in [0.25, 0.3) is 5.69 Å². The summed E-state index contributed by atoms with van der Waals surface area (Å²) in [6.07, 6.45) is 6.65. The van der Waals surface area contributed by atoms with Crippen molar-refractivity contribution in [1.82, 2.24) is 24.0 Å². The summed E-state index contributed by atoms with van der Waals surface area (Å²) < 4.78 is 28.7. The van der Waals surface area contributed by atoms with Gasteiger partial charge in [0.2, 0.25) is 10.0 Å². The highest BCUT2D eigenvalue weighted by Gasteiger charge is 2.28. The van der Waals surface area contributed by atoms with Gasteiger partial charge in [-0.2, -0.15) is 9.40 Å². The van der Waals surface area contributed by atoms with E-state index in [1.54, 1.807) is 28.8 Å². The third-order valence-electron chi connectivity index (χ3n) is 4.71. The van der Waals surface area contributed by atoms with Crippen molar-refractivity contribution in [3.05, 3.63) is 72.8 Å². The van der Waals surface area contributed by atoms with Crippen LogP contribution >= 0.6 is 0 Å². The molecular weight excluding hydrogens is 362 g/mol. The summed E-state index contributed by atoms with van der Waals surface area (Å²) in [6.45, 7) is 3.20. The Bertz CT molecular complexity index is 965. The smallest absolute Gasteiger partial charge is 0.244 e. The second kappa shape index (κ2) is 7.59. The normalized spacial score (nSPS) is 16.4. The lowest BCUT2D eigenvalue weighted by Gasteiger charge is -2.33. The molecule has 0 spiro atoms. The number of rotatable bonds is 5. The van der Waals surface area contributed by atoms with Gasteiger partial charge in [-0.1, -0.05) is 12.1 Å². The zero-order chi connectivity index (χ0) is 18.7. The summed E-state index contributed by atoms with van der Waals surface area (Å²) >= 11 is 0. The lowest BCUT2D eigenvalue weighted by Crippen LogP contribution is -2.48. The van der Waals surface area contributed by atoms with E-state index in [1.807, 2.05) is 29.1 Å². The molecule has 1 saturated heterocycles. The maximum absolute atomic E-state index is 12.7. The van der Waals surface area contributed by atoms with Crippen molar-refractivity contribution in [2.45, 2.75) is 11.4 Å². The van der Waals surface area contributed by atoms with E-state index in [1.165, 1.54) is 11.8 Å². The van der Waals surface area contributed by atoms with Gasteiger partial charge in [0, 0.05) is 57.5 Å². The molecule has 1 fully saturated rings. The van der Waals surface area contributed by atoms with Crippen LogP contribution in [0.5, 0.6) is 0 Å². The first kappa shape index (κ1) is 17.8. The largest absolute Gasteiger partial charge is 0.296 e. The molecule has 4 rings (SSSR count). The predicted octanol–water partition coefficient (Wildman–Crippen LogP) is 1.77. The molecule has 0 aliphatic carbocycles. The van der Waals surface area contributed by atoms with Crippen LogP contribution in [0.2, 0.25) is 0 Å². The molecule has 3 heterocycles. The van der Waals surface area contributed by atoms with Gasteiger partial charge in [0.1, 0.15) is 4.90 Å². The molecule has 0 saturated carbocycles. The zero-order valence-corrected chi connectivity index (χ0v) is 15.7. The van der Waals surface area contributed by atoms with Gasteiger partial charge in [0.05, 0.1) is 5.69 Å². The molecule has 2 aromatic heterocycles. The van der Waals surface area contributed by atoms with Gasteiger partial charge in [-0.25, -0.2) is 13.1 Å². The minimum Gasteiger partial charge on any atom is -0.296 e. The van der Waals surface area contributed by atoms with E-state index in [9.17, 15) is 8.42 Å². The summed E-state index contributed by atoms with van der Waals surface area (Å²) in [5.74, 6) is 0. The second-order valence-electron chi connectivity index (χ2n) is 6.49. The molecule has 0 atom stereocenters. The molecule has 0 N–H and O–H groups in total. The van der Waals surface area contributed by atoms with E-state index in [2.05, 4.69) is 27.1 Å². The Labute approximate surface area is 158 Å². The monoisotopic (exact) mass is 383 g/mol. The number of piperazine rings is 1. The van der Waals surface area contributed by atoms with Crippen molar-refractivity contribution in [2.24, 2.45) is 0 Å². The summed E-state index contributed by atoms with van der Waals surface area (Å²) in [5, 5.41) is 4.23. The zero-order valence-electron chi connectivity index (χ0n) is 14.8. The predicted molar refractivity (Wildman–Crippen MR) is 102 cm³/mol. The highest BCUT2D eigenvalue weighted by atomic mass is 32.2. The first-order chi connectivity index (χ1) is 13.1. The molecule has 1 aromatic carbocycles. The van der Waals surface area contributed by atoms with E-state index in [-0.39, 0.29) is 4.90 Å². The van der Waals surface area contributed by atoms with Gasteiger partial charge in [-0.3, -0.25) is 9.88 Å². The average molecular weight is 383 g/mol. The number of hydrogen-bond donors (Lipinski definition) is 0. The van der Waals surface area contributed by atoms with Gasteiger partial charge in [0.15, 0.2) is 0 Å². The first-order valence-electron chi connectivity index (χ1n) is 8.84. The highest BCUT2D eigenvalue weighted by Crippen LogP contribution is 2.18. The standard InChI is InChI=1S/C19H21N5O2S/c25-27(26,19-3-1-8-20-15-19)23-13-11-22(12-14-23)16-17-4-6-18(7-5-17)24-10-2-9-21-24/h1-10,15H,11-14,16H2. The molecule has 140 valence electrons. The van der Waals surface area contributed by atoms with Crippen molar-refractivity contribution in [1.29, 1.82) is 0 Å². The van der Waals surface area contributed by atoms with Crippen molar-refractivity contribution >= 4 is 10.0 Å². The fraction of sp³-hybridized carbons (Fsp3) is 0.263. The molecule has 1 aliphatic rings. The molecular formula is C19H21N5O2S. The highest BCUT2D eigenvalue weighted by molar-refractivity contribution is 7.89. The number of benzene rings is 1. The van der Waals surface area contributed by atoms with Crippen molar-refractivity contribution in [3.8, 4) is 5.69 Å². The lowest BCUT2D eigenvalue weighted by molar-refractivity contribution is 0.181. The van der Waals surface area contributed by atoms with Crippen molar-refractivity contribution < 1.29 is 8.42 Å². The van der Waals surface area contributed by atoms with E-state index >= 15 is 0 Å². The van der Waals surface area contributed by atoms with Crippen LogP contribution in [0.3, 0.4) is 0 Å². The molecule has 7 nitrogen and oxygen atoms in total. The molecule has 0 amide bonds. The maximum atomic E-state index is 12.7. The van der Waals surface area contributed by atoms with Gasteiger partial charge in [0.25, 0.3) is 0 Å². The van der Waals surface area contributed by atoms with Crippen LogP contribution in [-0.2, 0) is 16.6 Å². The minimum atomic E-state index is -3.45. The quantitative estimate of drug-likeness (QED) is 0.672. The summed E-state index contributed by atoms with van der Waals surface area (Å²) in [4.78, 5) is 6.45. The maximum Gasteiger partial charge on any atom is 0.244 e. The van der Waals surface area contributed by atoms with E-state index in [0.717, 1.165) is 12.2 Å². The molecule has 0 unspecified atom stereocenters. The number of nitrogens with zero attached hydrogens (tertiary/aromatic N) is 5.